The molecule has 1 aromatic heterocycles. The number of H-pyrrole nitrogens is 1. The molecular formula is C6H6N2O3. The second-order valence-electron chi connectivity index (χ2n) is 2.11. The van der Waals surface area contributed by atoms with Crippen molar-refractivity contribution in [1.82, 2.24) is 4.98 Å². The lowest BCUT2D eigenvalue weighted by Crippen LogP contribution is -2.05. The fraction of sp³-hybridized carbons (Fsp3) is 0.167. The van der Waals surface area contributed by atoms with Gasteiger partial charge in [-0.15, -0.1) is 4.91 Å². The molecule has 5 nitrogen and oxygen atoms in total. The largest absolute Gasteiger partial charge is 0.505 e. The highest BCUT2D eigenvalue weighted by Gasteiger charge is 2.06. The van der Waals surface area contributed by atoms with E-state index >= 15 is 0 Å². The molecule has 0 amide bonds. The van der Waals surface area contributed by atoms with E-state index in [9.17, 15) is 9.70 Å². The highest BCUT2D eigenvalue weighted by atomic mass is 16.3. The summed E-state index contributed by atoms with van der Waals surface area (Å²) in [5.41, 5.74) is -0.659. The van der Waals surface area contributed by atoms with Gasteiger partial charge in [-0.25, -0.2) is 0 Å². The third kappa shape index (κ3) is 1.26. The molecule has 0 aliphatic rings. The Labute approximate surface area is 61.7 Å². The number of hydrogen-bond acceptors (Lipinski definition) is 4. The zero-order chi connectivity index (χ0) is 8.43. The number of nitrogens with zero attached hydrogens (tertiary/aromatic N) is 1. The van der Waals surface area contributed by atoms with E-state index in [1.807, 2.05) is 0 Å². The second kappa shape index (κ2) is 2.53. The van der Waals surface area contributed by atoms with E-state index in [-0.39, 0.29) is 5.75 Å². The number of aromatic hydroxyl groups is 1. The monoisotopic (exact) mass is 154 g/mol. The van der Waals surface area contributed by atoms with Gasteiger partial charge < -0.3 is 10.1 Å². The van der Waals surface area contributed by atoms with Crippen LogP contribution in [0.5, 0.6) is 5.75 Å². The van der Waals surface area contributed by atoms with Crippen molar-refractivity contribution in [1.29, 1.82) is 0 Å². The second-order valence-corrected chi connectivity index (χ2v) is 2.11. The van der Waals surface area contributed by atoms with Crippen molar-refractivity contribution < 1.29 is 5.11 Å². The molecule has 1 rings (SSSR count). The zero-order valence-corrected chi connectivity index (χ0v) is 5.79. The predicted octanol–water partition coefficient (Wildman–Crippen LogP) is 0.787. The van der Waals surface area contributed by atoms with E-state index < -0.39 is 11.2 Å². The SMILES string of the molecule is Cc1cc(O)c(N=O)c(=O)[nH]1. The summed E-state index contributed by atoms with van der Waals surface area (Å²) >= 11 is 0. The molecule has 1 heterocycles. The molecule has 0 aliphatic heterocycles. The van der Waals surface area contributed by atoms with Gasteiger partial charge in [-0.2, -0.15) is 0 Å². The van der Waals surface area contributed by atoms with Crippen LogP contribution in [-0.4, -0.2) is 10.1 Å². The minimum atomic E-state index is -0.669. The molecule has 0 fully saturated rings. The molecule has 0 aromatic carbocycles. The minimum Gasteiger partial charge on any atom is -0.505 e. The highest BCUT2D eigenvalue weighted by Crippen LogP contribution is 2.20. The Morgan fingerprint density at radius 3 is 2.73 bits per heavy atom. The van der Waals surface area contributed by atoms with Gasteiger partial charge in [0.2, 0.25) is 5.69 Å². The van der Waals surface area contributed by atoms with E-state index in [0.717, 1.165) is 0 Å². The van der Waals surface area contributed by atoms with E-state index in [1.54, 1.807) is 6.92 Å². The van der Waals surface area contributed by atoms with Gasteiger partial charge in [0, 0.05) is 11.8 Å². The Morgan fingerprint density at radius 2 is 2.27 bits per heavy atom. The summed E-state index contributed by atoms with van der Waals surface area (Å²) in [5, 5.41) is 11.3. The fourth-order valence-corrected chi connectivity index (χ4v) is 0.752. The fourth-order valence-electron chi connectivity index (χ4n) is 0.752. The number of nitroso groups, excluding NO2 is 1. The van der Waals surface area contributed by atoms with Gasteiger partial charge in [-0.05, 0) is 12.1 Å². The summed E-state index contributed by atoms with van der Waals surface area (Å²) in [6.45, 7) is 1.59. The van der Waals surface area contributed by atoms with E-state index in [0.29, 0.717) is 5.69 Å². The van der Waals surface area contributed by atoms with Crippen LogP contribution < -0.4 is 5.56 Å². The molecule has 0 radical (unpaired) electrons. The summed E-state index contributed by atoms with van der Waals surface area (Å²) in [6.07, 6.45) is 0. The highest BCUT2D eigenvalue weighted by molar-refractivity contribution is 5.48. The maximum atomic E-state index is 10.8. The number of nitrogens with one attached hydrogen (secondary N) is 1. The Bertz CT molecular complexity index is 342. The molecule has 0 aliphatic carbocycles. The lowest BCUT2D eigenvalue weighted by Gasteiger charge is -1.95. The average Bonchev–Trinajstić information content (AvgIpc) is 1.85. The number of pyridine rings is 1. The summed E-state index contributed by atoms with van der Waals surface area (Å²) < 4.78 is 0. The Hall–Kier alpha value is -1.65. The van der Waals surface area contributed by atoms with Gasteiger partial charge >= 0.3 is 0 Å². The average molecular weight is 154 g/mol. The van der Waals surface area contributed by atoms with Crippen LogP contribution in [0.3, 0.4) is 0 Å². The molecule has 11 heavy (non-hydrogen) atoms. The molecule has 0 bridgehead atoms. The summed E-state index contributed by atoms with van der Waals surface area (Å²) in [7, 11) is 0. The third-order valence-corrected chi connectivity index (χ3v) is 1.21. The topological polar surface area (TPSA) is 82.5 Å². The molecule has 0 saturated carbocycles. The van der Waals surface area contributed by atoms with Crippen molar-refractivity contribution in [2.75, 3.05) is 0 Å². The van der Waals surface area contributed by atoms with Crippen molar-refractivity contribution in [2.45, 2.75) is 6.92 Å². The first kappa shape index (κ1) is 7.46. The lowest BCUT2D eigenvalue weighted by molar-refractivity contribution is 0.474. The van der Waals surface area contributed by atoms with Crippen molar-refractivity contribution >= 4 is 5.69 Å². The number of aryl methyl sites for hydroxylation is 1. The number of hydrogen-bond donors (Lipinski definition) is 2. The molecule has 0 spiro atoms. The van der Waals surface area contributed by atoms with Crippen LogP contribution in [0.15, 0.2) is 16.0 Å². The summed E-state index contributed by atoms with van der Waals surface area (Å²) in [5.74, 6) is -0.388. The zero-order valence-electron chi connectivity index (χ0n) is 5.79. The first-order valence-corrected chi connectivity index (χ1v) is 2.91. The van der Waals surface area contributed by atoms with Crippen LogP contribution >= 0.6 is 0 Å². The standard InChI is InChI=1S/C6H6N2O3/c1-3-2-4(9)5(8-11)6(10)7-3/h2H,1H3,(H2,7,9,10). The van der Waals surface area contributed by atoms with Crippen molar-refractivity contribution in [2.24, 2.45) is 5.18 Å². The molecule has 0 atom stereocenters. The maximum absolute atomic E-state index is 10.8. The summed E-state index contributed by atoms with van der Waals surface area (Å²) in [6, 6.07) is 1.26. The number of aromatic nitrogens is 1. The Balaban J connectivity index is 3.49. The number of rotatable bonds is 1. The first-order valence-electron chi connectivity index (χ1n) is 2.91. The maximum Gasteiger partial charge on any atom is 0.281 e. The molecule has 5 heteroatoms. The van der Waals surface area contributed by atoms with Crippen molar-refractivity contribution in [3.8, 4) is 5.75 Å². The predicted molar refractivity (Wildman–Crippen MR) is 38.9 cm³/mol. The normalized spacial score (nSPS) is 9.55. The first-order chi connectivity index (χ1) is 5.15. The van der Waals surface area contributed by atoms with Gasteiger partial charge in [-0.1, -0.05) is 0 Å². The molecule has 58 valence electrons. The Morgan fingerprint density at radius 1 is 1.64 bits per heavy atom. The van der Waals surface area contributed by atoms with E-state index in [2.05, 4.69) is 10.2 Å². The van der Waals surface area contributed by atoms with E-state index in [1.165, 1.54) is 6.07 Å². The van der Waals surface area contributed by atoms with Crippen LogP contribution in [0.25, 0.3) is 0 Å². The minimum absolute atomic E-state index is 0.388. The van der Waals surface area contributed by atoms with Crippen LogP contribution in [0.1, 0.15) is 5.69 Å². The van der Waals surface area contributed by atoms with Gasteiger partial charge in [-0.3, -0.25) is 4.79 Å². The third-order valence-electron chi connectivity index (χ3n) is 1.21. The van der Waals surface area contributed by atoms with Gasteiger partial charge in [0.05, 0.1) is 0 Å². The molecule has 0 unspecified atom stereocenters. The van der Waals surface area contributed by atoms with Crippen LogP contribution in [0.4, 0.5) is 5.69 Å². The van der Waals surface area contributed by atoms with Crippen molar-refractivity contribution in [3.05, 3.63) is 27.0 Å². The number of aromatic amines is 1. The van der Waals surface area contributed by atoms with Crippen LogP contribution in [-0.2, 0) is 0 Å². The van der Waals surface area contributed by atoms with Crippen LogP contribution in [0.2, 0.25) is 0 Å². The quantitative estimate of drug-likeness (QED) is 0.586. The molecular weight excluding hydrogens is 148 g/mol. The van der Waals surface area contributed by atoms with Gasteiger partial charge in [0.25, 0.3) is 5.56 Å². The molecule has 2 N–H and O–H groups in total. The summed E-state index contributed by atoms with van der Waals surface area (Å²) in [4.78, 5) is 23.0. The molecule has 0 saturated heterocycles. The Kier molecular flexibility index (Phi) is 1.72. The lowest BCUT2D eigenvalue weighted by atomic mass is 10.3. The van der Waals surface area contributed by atoms with E-state index in [4.69, 9.17) is 5.11 Å². The van der Waals surface area contributed by atoms with Crippen molar-refractivity contribution in [3.63, 3.8) is 0 Å². The molecule has 1 aromatic rings. The smallest absolute Gasteiger partial charge is 0.281 e. The van der Waals surface area contributed by atoms with Gasteiger partial charge in [0.15, 0.2) is 5.75 Å². The van der Waals surface area contributed by atoms with Gasteiger partial charge in [0.1, 0.15) is 0 Å². The van der Waals surface area contributed by atoms with Crippen LogP contribution in [0, 0.1) is 11.8 Å².